The highest BCUT2D eigenvalue weighted by Gasteiger charge is 2.23. The van der Waals surface area contributed by atoms with Gasteiger partial charge in [-0.3, -0.25) is 4.79 Å². The smallest absolute Gasteiger partial charge is 0.273 e. The second-order valence-electron chi connectivity index (χ2n) is 6.12. The van der Waals surface area contributed by atoms with Gasteiger partial charge in [-0.05, 0) is 25.0 Å². The molecule has 7 nitrogen and oxygen atoms in total. The molecule has 1 saturated carbocycles. The van der Waals surface area contributed by atoms with Crippen LogP contribution < -0.4 is 5.32 Å². The van der Waals surface area contributed by atoms with Gasteiger partial charge in [0, 0.05) is 11.5 Å². The van der Waals surface area contributed by atoms with Gasteiger partial charge < -0.3 is 14.3 Å². The van der Waals surface area contributed by atoms with Crippen molar-refractivity contribution in [3.63, 3.8) is 0 Å². The number of carbonyl (C=O) groups excluding carboxylic acids is 1. The Morgan fingerprint density at radius 1 is 1.16 bits per heavy atom. The van der Waals surface area contributed by atoms with Crippen LogP contribution in [-0.2, 0) is 6.54 Å². The van der Waals surface area contributed by atoms with E-state index in [1.807, 2.05) is 30.3 Å². The number of hydrogen-bond acceptors (Lipinski definition) is 6. The number of rotatable bonds is 5. The molecular weight excluding hydrogens is 320 g/mol. The van der Waals surface area contributed by atoms with Crippen molar-refractivity contribution in [1.82, 2.24) is 20.4 Å². The average molecular weight is 338 g/mol. The Hall–Kier alpha value is -2.96. The van der Waals surface area contributed by atoms with Crippen molar-refractivity contribution in [3.8, 4) is 11.5 Å². The van der Waals surface area contributed by atoms with Gasteiger partial charge in [0.2, 0.25) is 11.8 Å². The summed E-state index contributed by atoms with van der Waals surface area (Å²) in [6.07, 6.45) is 5.94. The first-order chi connectivity index (χ1) is 12.3. The Kier molecular flexibility index (Phi) is 4.28. The third-order valence-corrected chi connectivity index (χ3v) is 4.35. The van der Waals surface area contributed by atoms with Gasteiger partial charge in [-0.1, -0.05) is 36.2 Å². The quantitative estimate of drug-likeness (QED) is 0.767. The summed E-state index contributed by atoms with van der Waals surface area (Å²) in [7, 11) is 0. The third kappa shape index (κ3) is 3.45. The highest BCUT2D eigenvalue weighted by atomic mass is 16.5. The number of carbonyl (C=O) groups is 1. The largest absolute Gasteiger partial charge is 0.444 e. The van der Waals surface area contributed by atoms with Crippen molar-refractivity contribution >= 4 is 5.91 Å². The Morgan fingerprint density at radius 2 is 1.96 bits per heavy atom. The molecule has 0 aliphatic heterocycles. The Labute approximate surface area is 144 Å². The maximum Gasteiger partial charge on any atom is 0.273 e. The highest BCUT2D eigenvalue weighted by molar-refractivity contribution is 5.92. The summed E-state index contributed by atoms with van der Waals surface area (Å²) in [4.78, 5) is 20.8. The number of aromatic nitrogens is 3. The van der Waals surface area contributed by atoms with Gasteiger partial charge in [0.05, 0.1) is 6.54 Å². The normalized spacial score (nSPS) is 14.7. The fourth-order valence-corrected chi connectivity index (χ4v) is 3.02. The van der Waals surface area contributed by atoms with Crippen LogP contribution in [0.5, 0.6) is 0 Å². The van der Waals surface area contributed by atoms with Crippen LogP contribution in [0.1, 0.15) is 53.8 Å². The first-order valence-electron chi connectivity index (χ1n) is 8.41. The van der Waals surface area contributed by atoms with E-state index < -0.39 is 0 Å². The molecule has 0 saturated heterocycles. The fourth-order valence-electron chi connectivity index (χ4n) is 3.02. The van der Waals surface area contributed by atoms with Crippen LogP contribution in [0.4, 0.5) is 0 Å². The molecule has 0 radical (unpaired) electrons. The van der Waals surface area contributed by atoms with Gasteiger partial charge in [-0.2, -0.15) is 4.98 Å². The van der Waals surface area contributed by atoms with Gasteiger partial charge in [0.1, 0.15) is 6.26 Å². The summed E-state index contributed by atoms with van der Waals surface area (Å²) in [6.45, 7) is 0.197. The van der Waals surface area contributed by atoms with Gasteiger partial charge >= 0.3 is 0 Å². The van der Waals surface area contributed by atoms with Crippen LogP contribution in [0.15, 0.2) is 45.5 Å². The molecule has 1 fully saturated rings. The lowest BCUT2D eigenvalue weighted by molar-refractivity contribution is 0.0944. The molecule has 0 unspecified atom stereocenters. The average Bonchev–Trinajstić information content (AvgIpc) is 3.41. The maximum atomic E-state index is 12.2. The maximum absolute atomic E-state index is 12.2. The minimum atomic E-state index is -0.335. The van der Waals surface area contributed by atoms with E-state index in [0.717, 1.165) is 18.4 Å². The van der Waals surface area contributed by atoms with Crippen molar-refractivity contribution in [2.75, 3.05) is 0 Å². The first-order valence-corrected chi connectivity index (χ1v) is 8.41. The Bertz CT molecular complexity index is 850. The molecule has 0 spiro atoms. The van der Waals surface area contributed by atoms with E-state index in [4.69, 9.17) is 8.94 Å². The van der Waals surface area contributed by atoms with E-state index in [1.165, 1.54) is 19.1 Å². The molecule has 0 bridgehead atoms. The minimum Gasteiger partial charge on any atom is -0.444 e. The SMILES string of the molecule is O=C(NCc1noc(C2CCCC2)n1)c1coc(-c2ccccc2)n1. The summed E-state index contributed by atoms with van der Waals surface area (Å²) in [6, 6.07) is 9.43. The molecule has 2 heterocycles. The third-order valence-electron chi connectivity index (χ3n) is 4.35. The van der Waals surface area contributed by atoms with Crippen LogP contribution in [0.2, 0.25) is 0 Å². The summed E-state index contributed by atoms with van der Waals surface area (Å²) in [5, 5.41) is 6.67. The fraction of sp³-hybridized carbons (Fsp3) is 0.333. The van der Waals surface area contributed by atoms with E-state index in [0.29, 0.717) is 23.5 Å². The molecule has 1 aliphatic carbocycles. The van der Waals surface area contributed by atoms with Crippen LogP contribution >= 0.6 is 0 Å². The topological polar surface area (TPSA) is 94.1 Å². The summed E-state index contributed by atoms with van der Waals surface area (Å²) < 4.78 is 10.7. The molecule has 7 heteroatoms. The van der Waals surface area contributed by atoms with E-state index in [2.05, 4.69) is 20.4 Å². The Balaban J connectivity index is 1.37. The van der Waals surface area contributed by atoms with Crippen LogP contribution in [0.25, 0.3) is 11.5 Å². The van der Waals surface area contributed by atoms with Gasteiger partial charge in [-0.25, -0.2) is 4.98 Å². The molecule has 128 valence electrons. The second kappa shape index (κ2) is 6.88. The van der Waals surface area contributed by atoms with Crippen molar-refractivity contribution in [1.29, 1.82) is 0 Å². The van der Waals surface area contributed by atoms with Gasteiger partial charge in [0.25, 0.3) is 5.91 Å². The number of oxazole rings is 1. The van der Waals surface area contributed by atoms with E-state index in [1.54, 1.807) is 0 Å². The lowest BCUT2D eigenvalue weighted by atomic mass is 10.1. The van der Waals surface area contributed by atoms with E-state index in [-0.39, 0.29) is 18.1 Å². The zero-order valence-electron chi connectivity index (χ0n) is 13.6. The van der Waals surface area contributed by atoms with E-state index in [9.17, 15) is 4.79 Å². The zero-order chi connectivity index (χ0) is 17.1. The summed E-state index contributed by atoms with van der Waals surface area (Å²) in [5.74, 6) is 1.59. The molecular formula is C18H18N4O3. The summed E-state index contributed by atoms with van der Waals surface area (Å²) in [5.41, 5.74) is 1.04. The zero-order valence-corrected chi connectivity index (χ0v) is 13.6. The number of nitrogens with zero attached hydrogens (tertiary/aromatic N) is 3. The molecule has 4 rings (SSSR count). The first kappa shape index (κ1) is 15.6. The van der Waals surface area contributed by atoms with Crippen LogP contribution in [0.3, 0.4) is 0 Å². The lowest BCUT2D eigenvalue weighted by Crippen LogP contribution is -2.23. The predicted molar refractivity (Wildman–Crippen MR) is 88.6 cm³/mol. The molecule has 1 amide bonds. The number of hydrogen-bond donors (Lipinski definition) is 1. The van der Waals surface area contributed by atoms with Crippen molar-refractivity contribution in [2.45, 2.75) is 38.1 Å². The van der Waals surface area contributed by atoms with Crippen LogP contribution in [-0.4, -0.2) is 21.0 Å². The van der Waals surface area contributed by atoms with E-state index >= 15 is 0 Å². The molecule has 25 heavy (non-hydrogen) atoms. The monoisotopic (exact) mass is 338 g/mol. The molecule has 2 aromatic heterocycles. The van der Waals surface area contributed by atoms with Crippen molar-refractivity contribution in [2.24, 2.45) is 0 Å². The minimum absolute atomic E-state index is 0.197. The second-order valence-corrected chi connectivity index (χ2v) is 6.12. The molecule has 1 aromatic carbocycles. The number of amides is 1. The predicted octanol–water partition coefficient (Wildman–Crippen LogP) is 3.31. The standard InChI is InChI=1S/C18H18N4O3/c23-16(14-11-24-17(20-14)12-6-2-1-3-7-12)19-10-15-21-18(25-22-15)13-8-4-5-9-13/h1-3,6-7,11,13H,4-5,8-10H2,(H,19,23). The molecule has 1 aliphatic rings. The number of benzene rings is 1. The van der Waals surface area contributed by atoms with Gasteiger partial charge in [0.15, 0.2) is 11.5 Å². The lowest BCUT2D eigenvalue weighted by Gasteiger charge is -2.00. The van der Waals surface area contributed by atoms with Crippen molar-refractivity contribution < 1.29 is 13.7 Å². The highest BCUT2D eigenvalue weighted by Crippen LogP contribution is 2.32. The Morgan fingerprint density at radius 3 is 2.76 bits per heavy atom. The summed E-state index contributed by atoms with van der Waals surface area (Å²) >= 11 is 0. The molecule has 3 aromatic rings. The van der Waals surface area contributed by atoms with Crippen LogP contribution in [0, 0.1) is 0 Å². The number of nitrogens with one attached hydrogen (secondary N) is 1. The molecule has 0 atom stereocenters. The van der Waals surface area contributed by atoms with Gasteiger partial charge in [-0.15, -0.1) is 0 Å². The van der Waals surface area contributed by atoms with Crippen molar-refractivity contribution in [3.05, 3.63) is 54.0 Å². The molecule has 1 N–H and O–H groups in total.